The summed E-state index contributed by atoms with van der Waals surface area (Å²) in [5.74, 6) is -2.01. The molecule has 30 heavy (non-hydrogen) atoms. The van der Waals surface area contributed by atoms with Crippen molar-refractivity contribution >= 4 is 34.6 Å². The minimum atomic E-state index is -4.68. The zero-order chi connectivity index (χ0) is 22.1. The fourth-order valence-electron chi connectivity index (χ4n) is 3.22. The number of nitro groups is 1. The van der Waals surface area contributed by atoms with E-state index in [2.05, 4.69) is 22.5 Å². The largest absolute Gasteiger partial charge is 0.418 e. The molecule has 11 heteroatoms. The van der Waals surface area contributed by atoms with Crippen molar-refractivity contribution in [2.75, 3.05) is 5.32 Å². The minimum absolute atomic E-state index is 0.0860. The van der Waals surface area contributed by atoms with Gasteiger partial charge in [0.25, 0.3) is 5.69 Å². The maximum absolute atomic E-state index is 13.3. The van der Waals surface area contributed by atoms with Crippen LogP contribution < -0.4 is 16.0 Å². The second-order valence-corrected chi connectivity index (χ2v) is 6.84. The van der Waals surface area contributed by atoms with Crippen molar-refractivity contribution in [2.24, 2.45) is 5.92 Å². The Morgan fingerprint density at radius 2 is 1.80 bits per heavy atom. The van der Waals surface area contributed by atoms with Crippen molar-refractivity contribution in [3.63, 3.8) is 0 Å². The summed E-state index contributed by atoms with van der Waals surface area (Å²) in [4.78, 5) is 23.8. The Kier molecular flexibility index (Phi) is 5.74. The number of rotatable bonds is 4. The molecular formula is C19H15F3N4O3S. The molecule has 0 bridgehead atoms. The highest BCUT2D eigenvalue weighted by atomic mass is 32.1. The van der Waals surface area contributed by atoms with Crippen molar-refractivity contribution in [1.29, 1.82) is 0 Å². The van der Waals surface area contributed by atoms with E-state index in [0.717, 1.165) is 12.1 Å². The van der Waals surface area contributed by atoms with Crippen LogP contribution in [0.4, 0.5) is 24.5 Å². The SMILES string of the molecule is C=C1NC(=S)N[C@@H](c2ccccc2[N+](=O)[O-])[C@H]1C(=O)Nc1ccccc1C(F)(F)F. The Morgan fingerprint density at radius 3 is 2.47 bits per heavy atom. The molecule has 1 fully saturated rings. The average molecular weight is 436 g/mol. The first-order valence-electron chi connectivity index (χ1n) is 8.56. The van der Waals surface area contributed by atoms with Gasteiger partial charge in [-0.05, 0) is 24.4 Å². The Balaban J connectivity index is 2.00. The fraction of sp³-hybridized carbons (Fsp3) is 0.158. The molecule has 1 heterocycles. The van der Waals surface area contributed by atoms with Gasteiger partial charge in [-0.1, -0.05) is 36.9 Å². The standard InChI is InChI=1S/C19H15F3N4O3S/c1-10-15(17(27)24-13-8-4-3-7-12(13)19(20,21)22)16(25-18(30)23-10)11-6-2-5-9-14(11)26(28)29/h2-9,15-16H,1H2,(H,24,27)(H2,23,25,30)/t15-,16-/m0/s1. The van der Waals surface area contributed by atoms with E-state index in [4.69, 9.17) is 12.2 Å². The number of nitrogens with zero attached hydrogens (tertiary/aromatic N) is 1. The lowest BCUT2D eigenvalue weighted by molar-refractivity contribution is -0.385. The zero-order valence-corrected chi connectivity index (χ0v) is 16.0. The molecule has 1 aliphatic rings. The molecule has 3 N–H and O–H groups in total. The summed E-state index contributed by atoms with van der Waals surface area (Å²) < 4.78 is 39.8. The molecule has 0 aliphatic carbocycles. The lowest BCUT2D eigenvalue weighted by Crippen LogP contribution is -2.51. The molecule has 0 radical (unpaired) electrons. The summed E-state index contributed by atoms with van der Waals surface area (Å²) >= 11 is 5.07. The highest BCUT2D eigenvalue weighted by Crippen LogP contribution is 2.37. The van der Waals surface area contributed by atoms with Crippen LogP contribution in [0.2, 0.25) is 0 Å². The van der Waals surface area contributed by atoms with E-state index in [1.54, 1.807) is 6.07 Å². The lowest BCUT2D eigenvalue weighted by atomic mass is 9.87. The minimum Gasteiger partial charge on any atom is -0.354 e. The van der Waals surface area contributed by atoms with E-state index in [1.165, 1.54) is 30.3 Å². The fourth-order valence-corrected chi connectivity index (χ4v) is 3.48. The predicted molar refractivity (Wildman–Crippen MR) is 107 cm³/mol. The first kappa shape index (κ1) is 21.2. The number of anilines is 1. The van der Waals surface area contributed by atoms with Crippen LogP contribution in [0.5, 0.6) is 0 Å². The van der Waals surface area contributed by atoms with Crippen molar-refractivity contribution in [2.45, 2.75) is 12.2 Å². The van der Waals surface area contributed by atoms with Crippen LogP contribution in [0, 0.1) is 16.0 Å². The summed E-state index contributed by atoms with van der Waals surface area (Å²) in [7, 11) is 0. The van der Waals surface area contributed by atoms with Crippen molar-refractivity contribution in [3.05, 3.63) is 82.0 Å². The zero-order valence-electron chi connectivity index (χ0n) is 15.2. The highest BCUT2D eigenvalue weighted by molar-refractivity contribution is 7.80. The predicted octanol–water partition coefficient (Wildman–Crippen LogP) is 3.90. The van der Waals surface area contributed by atoms with Crippen molar-refractivity contribution in [1.82, 2.24) is 10.6 Å². The third-order valence-electron chi connectivity index (χ3n) is 4.51. The Hall–Kier alpha value is -3.47. The van der Waals surface area contributed by atoms with Crippen molar-refractivity contribution < 1.29 is 22.9 Å². The Bertz CT molecular complexity index is 1040. The molecule has 0 unspecified atom stereocenters. The topological polar surface area (TPSA) is 96.3 Å². The first-order valence-corrected chi connectivity index (χ1v) is 8.97. The number of carbonyl (C=O) groups excluding carboxylic acids is 1. The molecule has 3 rings (SSSR count). The van der Waals surface area contributed by atoms with E-state index in [-0.39, 0.29) is 22.1 Å². The number of hydrogen-bond donors (Lipinski definition) is 3. The quantitative estimate of drug-likeness (QED) is 0.382. The third-order valence-corrected chi connectivity index (χ3v) is 4.73. The smallest absolute Gasteiger partial charge is 0.354 e. The maximum atomic E-state index is 13.3. The molecule has 0 aromatic heterocycles. The molecule has 0 saturated carbocycles. The highest BCUT2D eigenvalue weighted by Gasteiger charge is 2.40. The van der Waals surface area contributed by atoms with Gasteiger partial charge in [0, 0.05) is 11.8 Å². The molecule has 0 spiro atoms. The van der Waals surface area contributed by atoms with Gasteiger partial charge < -0.3 is 16.0 Å². The Labute approximate surface area is 174 Å². The second kappa shape index (κ2) is 8.11. The third kappa shape index (κ3) is 4.25. The number of alkyl halides is 3. The van der Waals surface area contributed by atoms with Gasteiger partial charge in [-0.15, -0.1) is 0 Å². The second-order valence-electron chi connectivity index (χ2n) is 6.43. The van der Waals surface area contributed by atoms with Gasteiger partial charge in [-0.3, -0.25) is 14.9 Å². The van der Waals surface area contributed by atoms with Gasteiger partial charge in [0.2, 0.25) is 5.91 Å². The van der Waals surface area contributed by atoms with E-state index in [9.17, 15) is 28.1 Å². The van der Waals surface area contributed by atoms with Crippen molar-refractivity contribution in [3.8, 4) is 0 Å². The van der Waals surface area contributed by atoms with Crippen LogP contribution in [0.25, 0.3) is 0 Å². The summed E-state index contributed by atoms with van der Waals surface area (Å²) in [5, 5.41) is 19.2. The van der Waals surface area contributed by atoms with Gasteiger partial charge in [-0.25, -0.2) is 0 Å². The van der Waals surface area contributed by atoms with E-state index in [1.807, 2.05) is 0 Å². The number of halogens is 3. The molecule has 1 amide bonds. The normalized spacial score (nSPS) is 18.9. The number of thiocarbonyl (C=S) groups is 1. The molecule has 1 saturated heterocycles. The van der Waals surface area contributed by atoms with E-state index >= 15 is 0 Å². The molecule has 7 nitrogen and oxygen atoms in total. The molecule has 2 aromatic rings. The first-order chi connectivity index (χ1) is 14.1. The van der Waals surface area contributed by atoms with Crippen LogP contribution in [0.3, 0.4) is 0 Å². The van der Waals surface area contributed by atoms with Gasteiger partial charge >= 0.3 is 6.18 Å². The lowest BCUT2D eigenvalue weighted by Gasteiger charge is -2.35. The van der Waals surface area contributed by atoms with E-state index in [0.29, 0.717) is 0 Å². The molecular weight excluding hydrogens is 421 g/mol. The van der Waals surface area contributed by atoms with Gasteiger partial charge in [0.05, 0.1) is 27.8 Å². The average Bonchev–Trinajstić information content (AvgIpc) is 2.66. The Morgan fingerprint density at radius 1 is 1.17 bits per heavy atom. The number of amides is 1. The molecule has 2 atom stereocenters. The molecule has 156 valence electrons. The van der Waals surface area contributed by atoms with Crippen LogP contribution >= 0.6 is 12.2 Å². The summed E-state index contributed by atoms with van der Waals surface area (Å²) in [6.07, 6.45) is -4.68. The number of hydrogen-bond acceptors (Lipinski definition) is 4. The summed E-state index contributed by atoms with van der Waals surface area (Å²) in [6.45, 7) is 3.74. The number of nitrogens with one attached hydrogen (secondary N) is 3. The van der Waals surface area contributed by atoms with Crippen LogP contribution in [-0.4, -0.2) is 15.9 Å². The molecule has 1 aliphatic heterocycles. The molecule has 2 aromatic carbocycles. The van der Waals surface area contributed by atoms with Gasteiger partial charge in [0.1, 0.15) is 5.92 Å². The van der Waals surface area contributed by atoms with E-state index < -0.39 is 40.2 Å². The maximum Gasteiger partial charge on any atom is 0.418 e. The summed E-state index contributed by atoms with van der Waals surface area (Å²) in [6, 6.07) is 9.23. The number of para-hydroxylation sites is 2. The van der Waals surface area contributed by atoms with Gasteiger partial charge in [-0.2, -0.15) is 13.2 Å². The number of benzene rings is 2. The van der Waals surface area contributed by atoms with Crippen LogP contribution in [0.1, 0.15) is 17.2 Å². The number of nitro benzene ring substituents is 1. The van der Waals surface area contributed by atoms with Crippen LogP contribution in [-0.2, 0) is 11.0 Å². The summed E-state index contributed by atoms with van der Waals surface area (Å²) in [5.41, 5.74) is -1.46. The van der Waals surface area contributed by atoms with Crippen LogP contribution in [0.15, 0.2) is 60.8 Å². The monoisotopic (exact) mass is 436 g/mol. The number of carbonyl (C=O) groups is 1. The van der Waals surface area contributed by atoms with Gasteiger partial charge in [0.15, 0.2) is 5.11 Å².